The Bertz CT molecular complexity index is 539. The lowest BCUT2D eigenvalue weighted by Gasteiger charge is -2.04. The first-order valence-electron chi connectivity index (χ1n) is 5.62. The minimum atomic E-state index is 0.374. The number of hydrogen-bond acceptors (Lipinski definition) is 4. The summed E-state index contributed by atoms with van der Waals surface area (Å²) in [7, 11) is 0. The van der Waals surface area contributed by atoms with E-state index in [0.29, 0.717) is 4.99 Å². The summed E-state index contributed by atoms with van der Waals surface area (Å²) in [6.45, 7) is 5.06. The van der Waals surface area contributed by atoms with Crippen LogP contribution >= 0.6 is 23.6 Å². The van der Waals surface area contributed by atoms with Gasteiger partial charge in [-0.1, -0.05) is 12.2 Å². The maximum atomic E-state index is 5.52. The fourth-order valence-corrected chi connectivity index (χ4v) is 2.67. The van der Waals surface area contributed by atoms with Crippen LogP contribution in [0.5, 0.6) is 0 Å². The number of thiophene rings is 1. The summed E-state index contributed by atoms with van der Waals surface area (Å²) in [6, 6.07) is 5.97. The van der Waals surface area contributed by atoms with E-state index in [0.717, 1.165) is 17.9 Å². The first-order valence-corrected chi connectivity index (χ1v) is 6.84. The van der Waals surface area contributed by atoms with Gasteiger partial charge in [0.25, 0.3) is 0 Å². The molecule has 0 saturated heterocycles. The zero-order valence-corrected chi connectivity index (χ0v) is 12.0. The van der Waals surface area contributed by atoms with E-state index in [2.05, 4.69) is 30.2 Å². The van der Waals surface area contributed by atoms with Crippen LogP contribution < -0.4 is 11.1 Å². The van der Waals surface area contributed by atoms with E-state index < -0.39 is 0 Å². The quantitative estimate of drug-likeness (QED) is 0.844. The predicted octanol–water partition coefficient (Wildman–Crippen LogP) is 3.01. The van der Waals surface area contributed by atoms with E-state index in [4.69, 9.17) is 18.0 Å². The van der Waals surface area contributed by atoms with E-state index in [9.17, 15) is 0 Å². The zero-order chi connectivity index (χ0) is 13.1. The topological polar surface area (TPSA) is 50.9 Å². The van der Waals surface area contributed by atoms with Crippen molar-refractivity contribution in [2.24, 2.45) is 5.73 Å². The van der Waals surface area contributed by atoms with Crippen LogP contribution in [0.3, 0.4) is 0 Å². The molecule has 0 amide bonds. The van der Waals surface area contributed by atoms with Crippen molar-refractivity contribution < 1.29 is 0 Å². The standard InChI is InChI=1S/C13H15N3S2/c1-8-5-11(18-9(8)2)7-16-12-4-3-10(6-15-12)13(14)17/h3-6H,7H2,1-2H3,(H2,14,17)(H,15,16). The third kappa shape index (κ3) is 3.05. The SMILES string of the molecule is Cc1cc(CNc2ccc(C(N)=S)cn2)sc1C. The van der Waals surface area contributed by atoms with Gasteiger partial charge in [-0.3, -0.25) is 0 Å². The van der Waals surface area contributed by atoms with Gasteiger partial charge in [0.05, 0.1) is 6.54 Å². The van der Waals surface area contributed by atoms with Crippen molar-refractivity contribution in [3.05, 3.63) is 45.3 Å². The molecule has 0 radical (unpaired) electrons. The molecule has 3 nitrogen and oxygen atoms in total. The molecular weight excluding hydrogens is 262 g/mol. The third-order valence-electron chi connectivity index (χ3n) is 2.71. The van der Waals surface area contributed by atoms with Crippen LogP contribution in [0.15, 0.2) is 24.4 Å². The molecule has 0 atom stereocenters. The molecule has 0 aromatic carbocycles. The number of aryl methyl sites for hydroxylation is 2. The molecule has 0 aliphatic rings. The molecule has 2 rings (SSSR count). The first-order chi connectivity index (χ1) is 8.56. The largest absolute Gasteiger partial charge is 0.389 e. The summed E-state index contributed by atoms with van der Waals surface area (Å²) in [5.74, 6) is 0.832. The van der Waals surface area contributed by atoms with Crippen LogP contribution in [0, 0.1) is 13.8 Å². The summed E-state index contributed by atoms with van der Waals surface area (Å²) in [6.07, 6.45) is 1.69. The molecule has 2 aromatic heterocycles. The molecule has 2 aromatic rings. The van der Waals surface area contributed by atoms with E-state index in [1.807, 2.05) is 23.5 Å². The van der Waals surface area contributed by atoms with Crippen molar-refractivity contribution in [2.75, 3.05) is 5.32 Å². The summed E-state index contributed by atoms with van der Waals surface area (Å²) in [5.41, 5.74) is 7.65. The van der Waals surface area contributed by atoms with E-state index in [1.54, 1.807) is 6.20 Å². The van der Waals surface area contributed by atoms with Crippen LogP contribution in [0.4, 0.5) is 5.82 Å². The van der Waals surface area contributed by atoms with Crippen molar-refractivity contribution in [3.63, 3.8) is 0 Å². The van der Waals surface area contributed by atoms with E-state index in [-0.39, 0.29) is 0 Å². The maximum Gasteiger partial charge on any atom is 0.126 e. The van der Waals surface area contributed by atoms with Gasteiger partial charge in [0.15, 0.2) is 0 Å². The Kier molecular flexibility index (Phi) is 3.93. The average molecular weight is 277 g/mol. The number of nitrogens with zero attached hydrogens (tertiary/aromatic N) is 1. The number of aromatic nitrogens is 1. The predicted molar refractivity (Wildman–Crippen MR) is 81.2 cm³/mol. The second-order valence-electron chi connectivity index (χ2n) is 4.10. The fraction of sp³-hybridized carbons (Fsp3) is 0.231. The summed E-state index contributed by atoms with van der Waals surface area (Å²) < 4.78 is 0. The molecule has 0 fully saturated rings. The molecule has 0 spiro atoms. The number of anilines is 1. The highest BCUT2D eigenvalue weighted by Crippen LogP contribution is 2.21. The second-order valence-corrected chi connectivity index (χ2v) is 5.88. The summed E-state index contributed by atoms with van der Waals surface area (Å²) >= 11 is 6.69. The van der Waals surface area contributed by atoms with Gasteiger partial charge in [0, 0.05) is 21.5 Å². The fourth-order valence-electron chi connectivity index (χ4n) is 1.56. The van der Waals surface area contributed by atoms with Gasteiger partial charge in [-0.2, -0.15) is 0 Å². The molecule has 0 aliphatic carbocycles. The monoisotopic (exact) mass is 277 g/mol. The smallest absolute Gasteiger partial charge is 0.126 e. The van der Waals surface area contributed by atoms with Crippen molar-refractivity contribution in [1.29, 1.82) is 0 Å². The number of thiocarbonyl (C=S) groups is 1. The van der Waals surface area contributed by atoms with Crippen LogP contribution in [0.1, 0.15) is 20.9 Å². The van der Waals surface area contributed by atoms with Gasteiger partial charge in [0.1, 0.15) is 10.8 Å². The number of hydrogen-bond donors (Lipinski definition) is 2. The lowest BCUT2D eigenvalue weighted by Crippen LogP contribution is -2.10. The highest BCUT2D eigenvalue weighted by molar-refractivity contribution is 7.80. The Morgan fingerprint density at radius 2 is 2.22 bits per heavy atom. The van der Waals surface area contributed by atoms with Crippen LogP contribution in [-0.4, -0.2) is 9.97 Å². The molecule has 0 unspecified atom stereocenters. The number of rotatable bonds is 4. The van der Waals surface area contributed by atoms with Crippen molar-refractivity contribution >= 4 is 34.4 Å². The van der Waals surface area contributed by atoms with Crippen LogP contribution in [-0.2, 0) is 6.54 Å². The minimum Gasteiger partial charge on any atom is -0.389 e. The normalized spacial score (nSPS) is 10.3. The molecule has 0 saturated carbocycles. The highest BCUT2D eigenvalue weighted by Gasteiger charge is 2.02. The molecule has 5 heteroatoms. The van der Waals surface area contributed by atoms with Gasteiger partial charge < -0.3 is 11.1 Å². The molecule has 0 aliphatic heterocycles. The average Bonchev–Trinajstić information content (AvgIpc) is 2.67. The van der Waals surface area contributed by atoms with E-state index >= 15 is 0 Å². The van der Waals surface area contributed by atoms with Gasteiger partial charge in [0.2, 0.25) is 0 Å². The Morgan fingerprint density at radius 3 is 2.72 bits per heavy atom. The van der Waals surface area contributed by atoms with Crippen LogP contribution in [0.25, 0.3) is 0 Å². The second kappa shape index (κ2) is 5.46. The van der Waals surface area contributed by atoms with Crippen molar-refractivity contribution in [2.45, 2.75) is 20.4 Å². The Morgan fingerprint density at radius 1 is 1.44 bits per heavy atom. The van der Waals surface area contributed by atoms with E-state index in [1.165, 1.54) is 15.3 Å². The molecule has 18 heavy (non-hydrogen) atoms. The van der Waals surface area contributed by atoms with Gasteiger partial charge in [-0.15, -0.1) is 11.3 Å². The molecule has 3 N–H and O–H groups in total. The number of nitrogens with two attached hydrogens (primary N) is 1. The number of pyridine rings is 1. The minimum absolute atomic E-state index is 0.374. The Labute approximate surface area is 116 Å². The summed E-state index contributed by atoms with van der Waals surface area (Å²) in [5, 5.41) is 3.28. The Balaban J connectivity index is 2.00. The Hall–Kier alpha value is -1.46. The molecular formula is C13H15N3S2. The third-order valence-corrected chi connectivity index (χ3v) is 4.10. The van der Waals surface area contributed by atoms with Gasteiger partial charge >= 0.3 is 0 Å². The van der Waals surface area contributed by atoms with Crippen molar-refractivity contribution in [1.82, 2.24) is 4.98 Å². The molecule has 2 heterocycles. The van der Waals surface area contributed by atoms with Gasteiger partial charge in [-0.25, -0.2) is 4.98 Å². The maximum absolute atomic E-state index is 5.52. The van der Waals surface area contributed by atoms with Crippen molar-refractivity contribution in [3.8, 4) is 0 Å². The summed E-state index contributed by atoms with van der Waals surface area (Å²) in [4.78, 5) is 7.32. The number of nitrogens with one attached hydrogen (secondary N) is 1. The first kappa shape index (κ1) is 13.0. The zero-order valence-electron chi connectivity index (χ0n) is 10.4. The molecule has 0 bridgehead atoms. The van der Waals surface area contributed by atoms with Crippen LogP contribution in [0.2, 0.25) is 0 Å². The highest BCUT2D eigenvalue weighted by atomic mass is 32.1. The lowest BCUT2D eigenvalue weighted by atomic mass is 10.3. The molecule has 94 valence electrons. The van der Waals surface area contributed by atoms with Gasteiger partial charge in [-0.05, 0) is 37.6 Å². The lowest BCUT2D eigenvalue weighted by molar-refractivity contribution is 1.14.